The van der Waals surface area contributed by atoms with Crippen molar-refractivity contribution in [1.29, 1.82) is 0 Å². The van der Waals surface area contributed by atoms with Gasteiger partial charge in [-0.15, -0.1) is 0 Å². The summed E-state index contributed by atoms with van der Waals surface area (Å²) in [4.78, 5) is 23.7. The van der Waals surface area contributed by atoms with Gasteiger partial charge in [-0.1, -0.05) is 0 Å². The quantitative estimate of drug-likeness (QED) is 0.852. The lowest BCUT2D eigenvalue weighted by molar-refractivity contribution is -0.137. The van der Waals surface area contributed by atoms with Crippen LogP contribution in [0.4, 0.5) is 0 Å². The Morgan fingerprint density at radius 3 is 2.78 bits per heavy atom. The lowest BCUT2D eigenvalue weighted by atomic mass is 10.1. The van der Waals surface area contributed by atoms with Crippen LogP contribution in [0.15, 0.2) is 0 Å². The zero-order valence-electron chi connectivity index (χ0n) is 10.6. The number of carboxylic acids is 1. The van der Waals surface area contributed by atoms with Crippen LogP contribution in [0.5, 0.6) is 0 Å². The molecule has 0 saturated carbocycles. The highest BCUT2D eigenvalue weighted by molar-refractivity contribution is 5.73. The number of aliphatic carboxylic acids is 1. The summed E-state index contributed by atoms with van der Waals surface area (Å²) in [7, 11) is 0. The van der Waals surface area contributed by atoms with Crippen LogP contribution in [-0.2, 0) is 29.1 Å². The summed E-state index contributed by atoms with van der Waals surface area (Å²) in [6.45, 7) is 5.13. The number of hydrogen-bond acceptors (Lipinski definition) is 3. The molecule has 1 aliphatic heterocycles. The van der Waals surface area contributed by atoms with E-state index in [1.807, 2.05) is 6.92 Å². The Balaban J connectivity index is 2.20. The molecule has 0 unspecified atom stereocenters. The Hall–Kier alpha value is -1.85. The van der Waals surface area contributed by atoms with Gasteiger partial charge in [0.25, 0.3) is 0 Å². The topological polar surface area (TPSA) is 75.4 Å². The molecule has 1 aromatic heterocycles. The maximum absolute atomic E-state index is 11.4. The van der Waals surface area contributed by atoms with Gasteiger partial charge in [-0.2, -0.15) is 5.10 Å². The molecule has 0 saturated heterocycles. The second kappa shape index (κ2) is 4.80. The van der Waals surface area contributed by atoms with E-state index >= 15 is 0 Å². The molecule has 98 valence electrons. The van der Waals surface area contributed by atoms with Crippen LogP contribution in [-0.4, -0.2) is 38.2 Å². The number of carboxylic acid groups (broad SMARTS) is 1. The standard InChI is InChI=1S/C12H17N3O3/c1-8-10-7-14(9(2)16)5-3-11(10)15(13-8)6-4-12(17)18/h3-7H2,1-2H3,(H,17,18). The van der Waals surface area contributed by atoms with E-state index in [9.17, 15) is 9.59 Å². The number of rotatable bonds is 3. The molecule has 0 aromatic carbocycles. The fourth-order valence-corrected chi connectivity index (χ4v) is 2.32. The van der Waals surface area contributed by atoms with E-state index in [-0.39, 0.29) is 12.3 Å². The van der Waals surface area contributed by atoms with E-state index < -0.39 is 5.97 Å². The highest BCUT2D eigenvalue weighted by Gasteiger charge is 2.24. The van der Waals surface area contributed by atoms with E-state index in [2.05, 4.69) is 5.10 Å². The van der Waals surface area contributed by atoms with Gasteiger partial charge in [0.1, 0.15) is 0 Å². The third kappa shape index (κ3) is 2.37. The molecule has 2 heterocycles. The fraction of sp³-hybridized carbons (Fsp3) is 0.583. The van der Waals surface area contributed by atoms with Crippen molar-refractivity contribution in [2.75, 3.05) is 6.54 Å². The molecule has 0 spiro atoms. The number of carbonyl (C=O) groups is 2. The number of amides is 1. The minimum Gasteiger partial charge on any atom is -0.481 e. The van der Waals surface area contributed by atoms with E-state index in [1.165, 1.54) is 0 Å². The summed E-state index contributed by atoms with van der Waals surface area (Å²) in [5.41, 5.74) is 3.04. The summed E-state index contributed by atoms with van der Waals surface area (Å²) < 4.78 is 1.77. The summed E-state index contributed by atoms with van der Waals surface area (Å²) in [6.07, 6.45) is 0.819. The molecule has 1 amide bonds. The van der Waals surface area contributed by atoms with Crippen LogP contribution >= 0.6 is 0 Å². The molecule has 1 N–H and O–H groups in total. The number of aromatic nitrogens is 2. The first-order valence-electron chi connectivity index (χ1n) is 6.01. The summed E-state index contributed by atoms with van der Waals surface area (Å²) >= 11 is 0. The highest BCUT2D eigenvalue weighted by atomic mass is 16.4. The van der Waals surface area contributed by atoms with Crippen molar-refractivity contribution in [2.45, 2.75) is 39.8 Å². The van der Waals surface area contributed by atoms with Crippen molar-refractivity contribution in [3.8, 4) is 0 Å². The number of hydrogen-bond donors (Lipinski definition) is 1. The van der Waals surface area contributed by atoms with Gasteiger partial charge in [0.15, 0.2) is 0 Å². The largest absolute Gasteiger partial charge is 0.481 e. The Bertz CT molecular complexity index is 493. The van der Waals surface area contributed by atoms with Crippen molar-refractivity contribution in [3.05, 3.63) is 17.0 Å². The van der Waals surface area contributed by atoms with Crippen LogP contribution in [0, 0.1) is 6.92 Å². The second-order valence-corrected chi connectivity index (χ2v) is 4.57. The molecule has 0 bridgehead atoms. The van der Waals surface area contributed by atoms with E-state index in [0.717, 1.165) is 23.4 Å². The molecule has 0 fully saturated rings. The van der Waals surface area contributed by atoms with Gasteiger partial charge in [-0.05, 0) is 6.92 Å². The molecule has 6 nitrogen and oxygen atoms in total. The van der Waals surface area contributed by atoms with Crippen molar-refractivity contribution in [2.24, 2.45) is 0 Å². The third-order valence-corrected chi connectivity index (χ3v) is 3.32. The molecule has 0 aliphatic carbocycles. The zero-order valence-corrected chi connectivity index (χ0v) is 10.6. The first-order chi connectivity index (χ1) is 8.49. The molecule has 2 rings (SSSR count). The minimum absolute atomic E-state index is 0.0679. The summed E-state index contributed by atoms with van der Waals surface area (Å²) in [6, 6.07) is 0. The second-order valence-electron chi connectivity index (χ2n) is 4.57. The lowest BCUT2D eigenvalue weighted by Gasteiger charge is -2.26. The fourth-order valence-electron chi connectivity index (χ4n) is 2.32. The maximum Gasteiger partial charge on any atom is 0.305 e. The average Bonchev–Trinajstić information content (AvgIpc) is 2.63. The Kier molecular flexibility index (Phi) is 3.36. The van der Waals surface area contributed by atoms with Gasteiger partial charge in [0.2, 0.25) is 5.91 Å². The predicted molar refractivity (Wildman–Crippen MR) is 64.0 cm³/mol. The molecule has 1 aromatic rings. The monoisotopic (exact) mass is 251 g/mol. The number of aryl methyl sites for hydroxylation is 2. The molecular formula is C12H17N3O3. The molecule has 18 heavy (non-hydrogen) atoms. The minimum atomic E-state index is -0.821. The molecule has 1 aliphatic rings. The van der Waals surface area contributed by atoms with Crippen molar-refractivity contribution >= 4 is 11.9 Å². The maximum atomic E-state index is 11.4. The smallest absolute Gasteiger partial charge is 0.305 e. The molecule has 0 atom stereocenters. The van der Waals surface area contributed by atoms with E-state index in [4.69, 9.17) is 5.11 Å². The van der Waals surface area contributed by atoms with Crippen LogP contribution in [0.3, 0.4) is 0 Å². The number of fused-ring (bicyclic) bond motifs is 1. The van der Waals surface area contributed by atoms with Gasteiger partial charge in [0, 0.05) is 37.7 Å². The van der Waals surface area contributed by atoms with Gasteiger partial charge in [-0.3, -0.25) is 14.3 Å². The lowest BCUT2D eigenvalue weighted by Crippen LogP contribution is -2.34. The zero-order chi connectivity index (χ0) is 13.3. The van der Waals surface area contributed by atoms with Crippen LogP contribution in [0.25, 0.3) is 0 Å². The van der Waals surface area contributed by atoms with Crippen LogP contribution < -0.4 is 0 Å². The average molecular weight is 251 g/mol. The SMILES string of the molecule is CC(=O)N1CCc2c(c(C)nn2CCC(=O)O)C1. The molecular weight excluding hydrogens is 234 g/mol. The Morgan fingerprint density at radius 2 is 2.17 bits per heavy atom. The molecule has 6 heteroatoms. The highest BCUT2D eigenvalue weighted by Crippen LogP contribution is 2.22. The normalized spacial score (nSPS) is 14.4. The van der Waals surface area contributed by atoms with Crippen LogP contribution in [0.1, 0.15) is 30.3 Å². The van der Waals surface area contributed by atoms with Gasteiger partial charge >= 0.3 is 5.97 Å². The summed E-state index contributed by atoms with van der Waals surface area (Å²) in [5.74, 6) is -0.753. The Labute approximate surface area is 105 Å². The van der Waals surface area contributed by atoms with Gasteiger partial charge in [-0.25, -0.2) is 0 Å². The number of nitrogens with zero attached hydrogens (tertiary/aromatic N) is 3. The van der Waals surface area contributed by atoms with Gasteiger partial charge < -0.3 is 10.0 Å². The third-order valence-electron chi connectivity index (χ3n) is 3.32. The number of carbonyl (C=O) groups excluding carboxylic acids is 1. The van der Waals surface area contributed by atoms with Crippen LogP contribution in [0.2, 0.25) is 0 Å². The summed E-state index contributed by atoms with van der Waals surface area (Å²) in [5, 5.41) is 13.1. The first kappa shape index (κ1) is 12.6. The van der Waals surface area contributed by atoms with Crippen molar-refractivity contribution < 1.29 is 14.7 Å². The Morgan fingerprint density at radius 1 is 1.44 bits per heavy atom. The predicted octanol–water partition coefficient (Wildman–Crippen LogP) is 0.571. The van der Waals surface area contributed by atoms with Crippen molar-refractivity contribution in [1.82, 2.24) is 14.7 Å². The van der Waals surface area contributed by atoms with Gasteiger partial charge in [0.05, 0.1) is 18.7 Å². The van der Waals surface area contributed by atoms with E-state index in [1.54, 1.807) is 16.5 Å². The first-order valence-corrected chi connectivity index (χ1v) is 6.01. The van der Waals surface area contributed by atoms with E-state index in [0.29, 0.717) is 19.6 Å². The molecule has 0 radical (unpaired) electrons. The van der Waals surface area contributed by atoms with Crippen molar-refractivity contribution in [3.63, 3.8) is 0 Å².